The second-order valence-electron chi connectivity index (χ2n) is 7.21. The fraction of sp³-hybridized carbons (Fsp3) is 0.722. The summed E-state index contributed by atoms with van der Waals surface area (Å²) in [5.74, 6) is -4.44. The minimum Gasteiger partial charge on any atom is -0.480 e. The molecule has 0 aliphatic heterocycles. The van der Waals surface area contributed by atoms with Crippen molar-refractivity contribution in [3.8, 4) is 0 Å². The number of carboxylic acid groups (broad SMARTS) is 1. The molecule has 0 fully saturated rings. The Morgan fingerprint density at radius 2 is 1.56 bits per heavy atom. The summed E-state index contributed by atoms with van der Waals surface area (Å²) in [7, 11) is 0. The van der Waals surface area contributed by atoms with Crippen LogP contribution in [-0.4, -0.2) is 94.9 Å². The number of carbonyl (C=O) groups excluding carboxylic acids is 4. The van der Waals surface area contributed by atoms with Crippen LogP contribution in [0.5, 0.6) is 0 Å². The van der Waals surface area contributed by atoms with Crippen molar-refractivity contribution < 1.29 is 39.3 Å². The van der Waals surface area contributed by atoms with Gasteiger partial charge >= 0.3 is 5.97 Å². The van der Waals surface area contributed by atoms with Crippen molar-refractivity contribution in [1.29, 1.82) is 0 Å². The molecule has 0 rings (SSSR count). The smallest absolute Gasteiger partial charge is 0.328 e. The summed E-state index contributed by atoms with van der Waals surface area (Å²) in [5.41, 5.74) is 10.8. The fourth-order valence-electron chi connectivity index (χ4n) is 2.44. The second kappa shape index (κ2) is 15.1. The van der Waals surface area contributed by atoms with Crippen LogP contribution in [0.3, 0.4) is 0 Å². The van der Waals surface area contributed by atoms with E-state index in [1.807, 2.05) is 0 Å². The Kier molecular flexibility index (Phi) is 13.7. The minimum atomic E-state index is -1.56. The molecule has 5 atom stereocenters. The van der Waals surface area contributed by atoms with E-state index in [0.717, 1.165) is 0 Å². The van der Waals surface area contributed by atoms with Crippen LogP contribution >= 0.6 is 0 Å². The van der Waals surface area contributed by atoms with E-state index in [0.29, 0.717) is 19.4 Å². The van der Waals surface area contributed by atoms with Crippen LogP contribution in [-0.2, 0) is 24.0 Å². The normalized spacial score (nSPS) is 15.4. The largest absolute Gasteiger partial charge is 0.480 e. The van der Waals surface area contributed by atoms with E-state index < -0.39 is 73.0 Å². The number of aliphatic hydroxyl groups is 2. The quantitative estimate of drug-likeness (QED) is 0.105. The van der Waals surface area contributed by atoms with Gasteiger partial charge in [-0.1, -0.05) is 0 Å². The van der Waals surface area contributed by atoms with Gasteiger partial charge in [-0.15, -0.1) is 0 Å². The zero-order chi connectivity index (χ0) is 24.8. The average molecular weight is 463 g/mol. The summed E-state index contributed by atoms with van der Waals surface area (Å²) in [6, 6.07) is -4.92. The highest BCUT2D eigenvalue weighted by Crippen LogP contribution is 2.03. The molecule has 14 heteroatoms. The van der Waals surface area contributed by atoms with E-state index in [4.69, 9.17) is 21.7 Å². The number of aliphatic carboxylic acids is 1. The standard InChI is InChI=1S/C18H34N6O8/c1-9(22-16(29)11(20)8-25)15(28)21-7-13(27)23-12(5-3-4-6-19)17(30)24-14(10(2)26)18(31)32/h9-12,14,25-26H,3-8,19-20H2,1-2H3,(H,21,28)(H,22,29)(H,23,27)(H,24,30)(H,31,32)/t9-,10+,11-,12-,14-/m0/s1. The third-order valence-electron chi connectivity index (χ3n) is 4.35. The van der Waals surface area contributed by atoms with Gasteiger partial charge in [-0.05, 0) is 39.7 Å². The first-order chi connectivity index (χ1) is 14.9. The van der Waals surface area contributed by atoms with E-state index in [9.17, 15) is 29.1 Å². The van der Waals surface area contributed by atoms with Gasteiger partial charge in [0.15, 0.2) is 6.04 Å². The molecule has 0 aliphatic carbocycles. The molecule has 0 aromatic heterocycles. The molecule has 0 aliphatic rings. The van der Waals surface area contributed by atoms with E-state index in [1.165, 1.54) is 13.8 Å². The Hall–Kier alpha value is -2.81. The Morgan fingerprint density at radius 3 is 2.06 bits per heavy atom. The molecule has 0 spiro atoms. The number of rotatable bonds is 15. The van der Waals surface area contributed by atoms with Crippen LogP contribution < -0.4 is 32.7 Å². The van der Waals surface area contributed by atoms with Crippen LogP contribution in [0.4, 0.5) is 0 Å². The molecular formula is C18H34N6O8. The summed E-state index contributed by atoms with van der Waals surface area (Å²) in [6.45, 7) is 1.77. The lowest BCUT2D eigenvalue weighted by Crippen LogP contribution is -2.56. The van der Waals surface area contributed by atoms with Crippen molar-refractivity contribution >= 4 is 29.6 Å². The highest BCUT2D eigenvalue weighted by atomic mass is 16.4. The molecule has 14 nitrogen and oxygen atoms in total. The van der Waals surface area contributed by atoms with Gasteiger partial charge in [-0.25, -0.2) is 4.79 Å². The lowest BCUT2D eigenvalue weighted by atomic mass is 10.1. The molecule has 0 unspecified atom stereocenters. The first kappa shape index (κ1) is 29.2. The molecule has 0 saturated heterocycles. The molecule has 4 amide bonds. The van der Waals surface area contributed by atoms with Gasteiger partial charge in [-0.2, -0.15) is 0 Å². The summed E-state index contributed by atoms with van der Waals surface area (Å²) in [5, 5.41) is 36.6. The van der Waals surface area contributed by atoms with Crippen molar-refractivity contribution in [2.24, 2.45) is 11.5 Å². The Labute approximate surface area is 185 Å². The topological polar surface area (TPSA) is 246 Å². The van der Waals surface area contributed by atoms with Gasteiger partial charge in [0.05, 0.1) is 19.3 Å². The Bertz CT molecular complexity index is 659. The molecular weight excluding hydrogens is 428 g/mol. The third-order valence-corrected chi connectivity index (χ3v) is 4.35. The monoisotopic (exact) mass is 462 g/mol. The molecule has 0 radical (unpaired) electrons. The summed E-state index contributed by atoms with van der Waals surface area (Å²) < 4.78 is 0. The highest BCUT2D eigenvalue weighted by Gasteiger charge is 2.29. The zero-order valence-corrected chi connectivity index (χ0v) is 18.2. The molecule has 184 valence electrons. The van der Waals surface area contributed by atoms with Gasteiger partial charge < -0.3 is 48.1 Å². The van der Waals surface area contributed by atoms with Crippen molar-refractivity contribution in [1.82, 2.24) is 21.3 Å². The molecule has 0 aromatic carbocycles. The van der Waals surface area contributed by atoms with E-state index in [1.54, 1.807) is 0 Å². The number of carbonyl (C=O) groups is 5. The summed E-state index contributed by atoms with van der Waals surface area (Å²) >= 11 is 0. The molecule has 11 N–H and O–H groups in total. The van der Waals surface area contributed by atoms with Crippen molar-refractivity contribution in [2.75, 3.05) is 19.7 Å². The van der Waals surface area contributed by atoms with Crippen LogP contribution in [0.15, 0.2) is 0 Å². The number of aliphatic hydroxyl groups excluding tert-OH is 2. The molecule has 0 aromatic rings. The summed E-state index contributed by atoms with van der Waals surface area (Å²) in [6.07, 6.45) is -0.198. The predicted molar refractivity (Wildman–Crippen MR) is 112 cm³/mol. The number of amides is 4. The minimum absolute atomic E-state index is 0.153. The molecule has 0 saturated carbocycles. The fourth-order valence-corrected chi connectivity index (χ4v) is 2.44. The van der Waals surface area contributed by atoms with Gasteiger partial charge in [0.25, 0.3) is 0 Å². The average Bonchev–Trinajstić information content (AvgIpc) is 2.73. The number of unbranched alkanes of at least 4 members (excludes halogenated alkanes) is 1. The maximum Gasteiger partial charge on any atom is 0.328 e. The number of nitrogens with one attached hydrogen (secondary N) is 4. The Balaban J connectivity index is 4.90. The van der Waals surface area contributed by atoms with Gasteiger partial charge in [0, 0.05) is 0 Å². The van der Waals surface area contributed by atoms with E-state index >= 15 is 0 Å². The number of carboxylic acids is 1. The molecule has 0 heterocycles. The van der Waals surface area contributed by atoms with Crippen LogP contribution in [0.1, 0.15) is 33.1 Å². The van der Waals surface area contributed by atoms with Crippen molar-refractivity contribution in [3.63, 3.8) is 0 Å². The lowest BCUT2D eigenvalue weighted by Gasteiger charge is -2.23. The first-order valence-corrected chi connectivity index (χ1v) is 10.1. The maximum absolute atomic E-state index is 12.5. The maximum atomic E-state index is 12.5. The zero-order valence-electron chi connectivity index (χ0n) is 18.2. The SMILES string of the molecule is C[C@H](NC(=O)[C@@H](N)CO)C(=O)NCC(=O)N[C@@H](CCCCN)C(=O)N[C@H](C(=O)O)[C@@H](C)O. The van der Waals surface area contributed by atoms with Gasteiger partial charge in [0.1, 0.15) is 18.1 Å². The third kappa shape index (κ3) is 11.0. The van der Waals surface area contributed by atoms with Crippen LogP contribution in [0.2, 0.25) is 0 Å². The molecule has 32 heavy (non-hydrogen) atoms. The van der Waals surface area contributed by atoms with Crippen molar-refractivity contribution in [2.45, 2.75) is 63.4 Å². The summed E-state index contributed by atoms with van der Waals surface area (Å²) in [4.78, 5) is 59.5. The number of nitrogens with two attached hydrogens (primary N) is 2. The van der Waals surface area contributed by atoms with Crippen LogP contribution in [0, 0.1) is 0 Å². The first-order valence-electron chi connectivity index (χ1n) is 10.1. The Morgan fingerprint density at radius 1 is 0.938 bits per heavy atom. The number of hydrogen-bond donors (Lipinski definition) is 9. The van der Waals surface area contributed by atoms with Crippen molar-refractivity contribution in [3.05, 3.63) is 0 Å². The van der Waals surface area contributed by atoms with Gasteiger partial charge in [-0.3, -0.25) is 19.2 Å². The molecule has 0 bridgehead atoms. The highest BCUT2D eigenvalue weighted by molar-refractivity contribution is 5.93. The predicted octanol–water partition coefficient (Wildman–Crippen LogP) is -4.51. The lowest BCUT2D eigenvalue weighted by molar-refractivity contribution is -0.145. The van der Waals surface area contributed by atoms with Crippen LogP contribution in [0.25, 0.3) is 0 Å². The van der Waals surface area contributed by atoms with Gasteiger partial charge in [0.2, 0.25) is 23.6 Å². The van der Waals surface area contributed by atoms with E-state index in [2.05, 4.69) is 21.3 Å². The second-order valence-corrected chi connectivity index (χ2v) is 7.21. The number of hydrogen-bond acceptors (Lipinski definition) is 9. The van der Waals surface area contributed by atoms with E-state index in [-0.39, 0.29) is 6.42 Å².